The molecule has 91 heavy (non-hydrogen) atoms. The van der Waals surface area contributed by atoms with Gasteiger partial charge in [0.05, 0.1) is 37.8 Å². The number of morpholine rings is 1. The van der Waals surface area contributed by atoms with E-state index in [1.54, 1.807) is 61.8 Å². The topological polar surface area (TPSA) is 241 Å². The summed E-state index contributed by atoms with van der Waals surface area (Å²) < 4.78 is 66.8. The summed E-state index contributed by atoms with van der Waals surface area (Å²) in [6, 6.07) is 14.2. The van der Waals surface area contributed by atoms with Crippen LogP contribution < -0.4 is 26.2 Å². The maximum atomic E-state index is 15.1. The second-order valence-corrected chi connectivity index (χ2v) is 26.2. The zero-order valence-corrected chi connectivity index (χ0v) is 54.0. The van der Waals surface area contributed by atoms with Crippen molar-refractivity contribution in [1.29, 1.82) is 0 Å². The molecule has 4 aliphatic rings. The molecule has 0 aliphatic carbocycles. The third kappa shape index (κ3) is 16.3. The average Bonchev–Trinajstić information content (AvgIpc) is 1.62. The molecule has 25 heteroatoms. The molecule has 8 rings (SSSR count). The smallest absolute Gasteiger partial charge is 0.410 e. The van der Waals surface area contributed by atoms with Gasteiger partial charge >= 0.3 is 12.2 Å². The largest absolute Gasteiger partial charge is 0.444 e. The number of methoxy groups -OCH3 is 1. The van der Waals surface area contributed by atoms with Crippen molar-refractivity contribution in [1.82, 2.24) is 35.1 Å². The van der Waals surface area contributed by atoms with Crippen LogP contribution in [0.2, 0.25) is 0 Å². The lowest BCUT2D eigenvalue weighted by atomic mass is 9.83. The number of piperazine rings is 1. The minimum atomic E-state index is -1.61. The van der Waals surface area contributed by atoms with Gasteiger partial charge in [-0.2, -0.15) is 0 Å². The Morgan fingerprint density at radius 3 is 2.12 bits per heavy atom. The van der Waals surface area contributed by atoms with Gasteiger partial charge in [0.2, 0.25) is 29.5 Å². The van der Waals surface area contributed by atoms with Gasteiger partial charge in [0, 0.05) is 82.9 Å². The van der Waals surface area contributed by atoms with Crippen molar-refractivity contribution >= 4 is 64.7 Å². The summed E-state index contributed by atoms with van der Waals surface area (Å²) in [6.07, 6.45) is -1.90. The zero-order chi connectivity index (χ0) is 66.6. The summed E-state index contributed by atoms with van der Waals surface area (Å²) in [5.41, 5.74) is -0.538. The standard InChI is InChI=1S/C66H85F3N10O12/c1-38-31-76(47(33-75-25-26-89-36-39(75)2)34-77(38)63(87)91-65(8,9)10)35-54(81)79-37-66(11,49-24-19-43(28-52(49)79)27-42-17-21-45(67)22-18-42)61(85)70-30-53(80)71-46-23-20-44-32-78(57(48(44)29-46)59(83)73-56-50(68)15-14-16-51(56)69)60(84)55(41(4)88-13)72-58(82)40(3)74(12)62(86)90-64(5,6)7/h14-24,28-29,38-41,47,55,57H,25-27,30-37H2,1-13H3,(H,70,85)(H,71,80)(H,72,82)(H,73,83)/t38-,39?,40?,41-,47+,55+,57?,66?/m1/s1. The number of benzene rings is 4. The van der Waals surface area contributed by atoms with Crippen molar-refractivity contribution in [2.24, 2.45) is 0 Å². The number of rotatable bonds is 18. The highest BCUT2D eigenvalue weighted by atomic mass is 19.1. The molecule has 4 aliphatic heterocycles. The molecule has 0 spiro atoms. The average molecular weight is 1270 g/mol. The Kier molecular flexibility index (Phi) is 21.3. The van der Waals surface area contributed by atoms with Crippen molar-refractivity contribution in [3.05, 3.63) is 124 Å². The number of anilines is 3. The lowest BCUT2D eigenvalue weighted by Crippen LogP contribution is -2.64. The predicted molar refractivity (Wildman–Crippen MR) is 333 cm³/mol. The molecule has 0 saturated carbocycles. The number of nitrogens with one attached hydrogen (secondary N) is 4. The molecule has 0 aromatic heterocycles. The first-order valence-electron chi connectivity index (χ1n) is 30.5. The number of nitrogens with zero attached hydrogens (tertiary/aromatic N) is 6. The fourth-order valence-electron chi connectivity index (χ4n) is 11.7. The molecule has 492 valence electrons. The SMILES string of the molecule is CO[C@H](C)[C@H](NC(=O)C(C)N(C)C(=O)OC(C)(C)C)C(=O)N1Cc2ccc(NC(=O)CNC(=O)C3(C)CN(C(=O)CN4C[C@@H](C)N(C(=O)OC(C)(C)C)C[C@@H]4CN4CCOCC4C)c4cc(Cc5ccc(F)cc5)ccc43)cc2C1C(=O)Nc1c(F)cccc1F. The summed E-state index contributed by atoms with van der Waals surface area (Å²) >= 11 is 0. The van der Waals surface area contributed by atoms with Gasteiger partial charge in [-0.15, -0.1) is 0 Å². The van der Waals surface area contributed by atoms with Gasteiger partial charge in [-0.25, -0.2) is 22.8 Å². The van der Waals surface area contributed by atoms with Crippen LogP contribution in [0.5, 0.6) is 0 Å². The first-order valence-corrected chi connectivity index (χ1v) is 30.5. The number of ether oxygens (including phenoxy) is 4. The normalized spacial score (nSPS) is 21.2. The Bertz CT molecular complexity index is 3380. The number of para-hydroxylation sites is 1. The van der Waals surface area contributed by atoms with Crippen LogP contribution in [0.15, 0.2) is 78.9 Å². The molecule has 0 bridgehead atoms. The molecule has 2 saturated heterocycles. The van der Waals surface area contributed by atoms with E-state index in [0.717, 1.165) is 39.1 Å². The molecule has 22 nitrogen and oxygen atoms in total. The Labute approximate surface area is 529 Å². The fourth-order valence-corrected chi connectivity index (χ4v) is 11.7. The lowest BCUT2D eigenvalue weighted by molar-refractivity contribution is -0.145. The van der Waals surface area contributed by atoms with Crippen LogP contribution in [-0.2, 0) is 66.1 Å². The maximum absolute atomic E-state index is 15.1. The minimum Gasteiger partial charge on any atom is -0.444 e. The number of carbonyl (C=O) groups excluding carboxylic acids is 8. The first kappa shape index (κ1) is 68.8. The highest BCUT2D eigenvalue weighted by Gasteiger charge is 2.49. The molecule has 8 atom stereocenters. The van der Waals surface area contributed by atoms with Crippen molar-refractivity contribution in [3.8, 4) is 0 Å². The van der Waals surface area contributed by atoms with Crippen molar-refractivity contribution < 1.29 is 70.5 Å². The summed E-state index contributed by atoms with van der Waals surface area (Å²) in [6.45, 7) is 20.9. The Morgan fingerprint density at radius 2 is 1.47 bits per heavy atom. The Hall–Kier alpha value is -8.13. The Morgan fingerprint density at radius 1 is 0.802 bits per heavy atom. The van der Waals surface area contributed by atoms with Gasteiger partial charge in [-0.1, -0.05) is 36.4 Å². The van der Waals surface area contributed by atoms with Gasteiger partial charge < -0.3 is 54.9 Å². The summed E-state index contributed by atoms with van der Waals surface area (Å²) in [5.74, 6) is -6.83. The van der Waals surface area contributed by atoms with Gasteiger partial charge in [-0.3, -0.25) is 43.5 Å². The van der Waals surface area contributed by atoms with Crippen LogP contribution in [-0.4, -0.2) is 193 Å². The molecule has 0 radical (unpaired) electrons. The molecule has 4 unspecified atom stereocenters. The van der Waals surface area contributed by atoms with Crippen LogP contribution in [0.1, 0.15) is 110 Å². The van der Waals surface area contributed by atoms with Crippen molar-refractivity contribution in [3.63, 3.8) is 0 Å². The van der Waals surface area contributed by atoms with E-state index in [2.05, 4.69) is 38.0 Å². The van der Waals surface area contributed by atoms with E-state index < -0.39 is 106 Å². The van der Waals surface area contributed by atoms with Crippen molar-refractivity contribution in [2.45, 2.75) is 148 Å². The molecular weight excluding hydrogens is 1180 g/mol. The quantitative estimate of drug-likeness (QED) is 0.0794. The molecule has 2 fully saturated rings. The Balaban J connectivity index is 1.02. The van der Waals surface area contributed by atoms with Gasteiger partial charge in [0.1, 0.15) is 52.5 Å². The van der Waals surface area contributed by atoms with E-state index in [0.29, 0.717) is 62.6 Å². The maximum Gasteiger partial charge on any atom is 0.410 e. The summed E-state index contributed by atoms with van der Waals surface area (Å²) in [5, 5.41) is 10.5. The predicted octanol–water partition coefficient (Wildman–Crippen LogP) is 6.88. The molecule has 4 N–H and O–H groups in total. The number of hydrogen-bond acceptors (Lipinski definition) is 14. The molecule has 4 aromatic rings. The van der Waals surface area contributed by atoms with E-state index in [9.17, 15) is 38.0 Å². The van der Waals surface area contributed by atoms with Gasteiger partial charge in [-0.05, 0) is 153 Å². The van der Waals surface area contributed by atoms with Gasteiger partial charge in [0.15, 0.2) is 0 Å². The van der Waals surface area contributed by atoms with Gasteiger partial charge in [0.25, 0.3) is 5.91 Å². The number of hydrogen-bond donors (Lipinski definition) is 4. The van der Waals surface area contributed by atoms with Crippen LogP contribution in [0.3, 0.4) is 0 Å². The van der Waals surface area contributed by atoms with E-state index >= 15 is 13.6 Å². The van der Waals surface area contributed by atoms with E-state index in [-0.39, 0.29) is 60.7 Å². The minimum absolute atomic E-state index is 0.0647. The third-order valence-electron chi connectivity index (χ3n) is 17.0. The van der Waals surface area contributed by atoms with Crippen LogP contribution in [0.25, 0.3) is 0 Å². The number of halogens is 3. The highest BCUT2D eigenvalue weighted by Crippen LogP contribution is 2.43. The van der Waals surface area contributed by atoms with Crippen molar-refractivity contribution in [2.75, 3.05) is 88.7 Å². The van der Waals surface area contributed by atoms with E-state index in [4.69, 9.17) is 18.9 Å². The second kappa shape index (κ2) is 28.2. The summed E-state index contributed by atoms with van der Waals surface area (Å²) in [4.78, 5) is 123. The molecular formula is C66H85F3N10O12. The number of fused-ring (bicyclic) bond motifs is 2. The van der Waals surface area contributed by atoms with Crippen LogP contribution in [0, 0.1) is 17.5 Å². The molecule has 4 heterocycles. The first-order chi connectivity index (χ1) is 42.7. The third-order valence-corrected chi connectivity index (χ3v) is 17.0. The van der Waals surface area contributed by atoms with Crippen LogP contribution in [0.4, 0.5) is 39.8 Å². The fraction of sp³-hybridized carbons (Fsp3) is 0.515. The number of carbonyl (C=O) groups is 8. The molecule has 8 amide bonds. The number of amides is 8. The highest BCUT2D eigenvalue weighted by molar-refractivity contribution is 6.05. The number of likely N-dealkylation sites (N-methyl/N-ethyl adjacent to an activating group) is 1. The zero-order valence-electron chi connectivity index (χ0n) is 54.0. The van der Waals surface area contributed by atoms with E-state index in [1.165, 1.54) is 52.3 Å². The molecule has 4 aromatic carbocycles. The van der Waals surface area contributed by atoms with E-state index in [1.807, 2.05) is 39.8 Å². The monoisotopic (exact) mass is 1270 g/mol. The lowest BCUT2D eigenvalue weighted by Gasteiger charge is -2.47. The van der Waals surface area contributed by atoms with Crippen LogP contribution >= 0.6 is 0 Å². The second-order valence-electron chi connectivity index (χ2n) is 26.2. The summed E-state index contributed by atoms with van der Waals surface area (Å²) in [7, 11) is 2.65.